The van der Waals surface area contributed by atoms with E-state index in [2.05, 4.69) is 53.9 Å². The molecule has 5 nitrogen and oxygen atoms in total. The molecule has 5 heteroatoms. The van der Waals surface area contributed by atoms with E-state index >= 15 is 0 Å². The first kappa shape index (κ1) is 25.6. The largest absolute Gasteiger partial charge is 0.381 e. The van der Waals surface area contributed by atoms with E-state index in [1.165, 1.54) is 5.57 Å². The number of nitrogens with zero attached hydrogens (tertiary/aromatic N) is 3. The highest BCUT2D eigenvalue weighted by Crippen LogP contribution is 2.44. The third kappa shape index (κ3) is 6.11. The maximum Gasteiger partial charge on any atom is 0.320 e. The van der Waals surface area contributed by atoms with Gasteiger partial charge in [0.2, 0.25) is 0 Å². The molecule has 0 aromatic carbocycles. The molecule has 2 heterocycles. The van der Waals surface area contributed by atoms with Gasteiger partial charge in [0.15, 0.2) is 0 Å². The van der Waals surface area contributed by atoms with Gasteiger partial charge in [-0.05, 0) is 83.4 Å². The van der Waals surface area contributed by atoms with E-state index in [0.29, 0.717) is 12.0 Å². The van der Waals surface area contributed by atoms with Gasteiger partial charge in [-0.3, -0.25) is 0 Å². The second-order valence-electron chi connectivity index (χ2n) is 10.3. The highest BCUT2D eigenvalue weighted by Gasteiger charge is 2.54. The summed E-state index contributed by atoms with van der Waals surface area (Å²) < 4.78 is 5.53. The van der Waals surface area contributed by atoms with Gasteiger partial charge in [0.25, 0.3) is 0 Å². The summed E-state index contributed by atoms with van der Waals surface area (Å²) >= 11 is 0. The van der Waals surface area contributed by atoms with Crippen LogP contribution in [-0.4, -0.2) is 71.2 Å². The molecule has 0 aromatic rings. The van der Waals surface area contributed by atoms with Crippen LogP contribution >= 0.6 is 0 Å². The monoisotopic (exact) mass is 455 g/mol. The number of hydrogen-bond acceptors (Lipinski definition) is 3. The van der Waals surface area contributed by atoms with E-state index in [1.54, 1.807) is 0 Å². The molecule has 3 fully saturated rings. The maximum atomic E-state index is 13.5. The Kier molecular flexibility index (Phi) is 9.25. The van der Waals surface area contributed by atoms with Crippen molar-refractivity contribution in [3.8, 4) is 0 Å². The number of amides is 2. The molecule has 2 aliphatic heterocycles. The lowest BCUT2D eigenvalue weighted by Gasteiger charge is -2.37. The SMILES string of the molecule is C=C/C(=C\C=C/C)CCCN(C=C)C1CCC2(C1)CN(CC1CCOCC1)C(=O)N2C(C)C. The normalized spacial score (nSPS) is 26.8. The van der Waals surface area contributed by atoms with Gasteiger partial charge in [0, 0.05) is 44.9 Å². The topological polar surface area (TPSA) is 36.0 Å². The van der Waals surface area contributed by atoms with Crippen molar-refractivity contribution in [1.82, 2.24) is 14.7 Å². The minimum absolute atomic E-state index is 0.0412. The Hall–Kier alpha value is -2.01. The van der Waals surface area contributed by atoms with E-state index in [0.717, 1.165) is 77.8 Å². The Balaban J connectivity index is 1.63. The number of urea groups is 1. The third-order valence-electron chi connectivity index (χ3n) is 7.72. The van der Waals surface area contributed by atoms with Gasteiger partial charge in [-0.1, -0.05) is 37.5 Å². The summed E-state index contributed by atoms with van der Waals surface area (Å²) in [6, 6.07) is 0.915. The zero-order valence-corrected chi connectivity index (χ0v) is 21.2. The zero-order valence-electron chi connectivity index (χ0n) is 21.2. The summed E-state index contributed by atoms with van der Waals surface area (Å²) in [6.45, 7) is 18.9. The number of carbonyl (C=O) groups excluding carboxylic acids is 1. The average Bonchev–Trinajstić information content (AvgIpc) is 3.34. The number of carbonyl (C=O) groups is 1. The Labute approximate surface area is 201 Å². The summed E-state index contributed by atoms with van der Waals surface area (Å²) in [5, 5.41) is 0. The zero-order chi connectivity index (χ0) is 23.8. The molecule has 1 saturated carbocycles. The van der Waals surface area contributed by atoms with Crippen LogP contribution in [0.25, 0.3) is 0 Å². The Morgan fingerprint density at radius 1 is 1.27 bits per heavy atom. The molecular weight excluding hydrogens is 410 g/mol. The average molecular weight is 456 g/mol. The van der Waals surface area contributed by atoms with Crippen LogP contribution in [0, 0.1) is 5.92 Å². The standard InChI is InChI=1S/C28H45N3O2/c1-6-9-11-24(7-2)12-10-17-29(8-3)26-13-16-28(20-26)22-30(27(32)31(28)23(4)5)21-25-14-18-33-19-15-25/h6-9,11,23,25-26H,2-3,10,12-22H2,1,4-5H3/b9-6-,24-11+. The van der Waals surface area contributed by atoms with Crippen LogP contribution in [0.3, 0.4) is 0 Å². The van der Waals surface area contributed by atoms with Crippen molar-refractivity contribution in [2.45, 2.75) is 83.3 Å². The Morgan fingerprint density at radius 2 is 2.03 bits per heavy atom. The summed E-state index contributed by atoms with van der Waals surface area (Å²) in [4.78, 5) is 20.2. The van der Waals surface area contributed by atoms with E-state index in [9.17, 15) is 4.79 Å². The lowest BCUT2D eigenvalue weighted by Crippen LogP contribution is -2.50. The van der Waals surface area contributed by atoms with Crippen LogP contribution in [0.1, 0.15) is 65.7 Å². The Morgan fingerprint density at radius 3 is 2.67 bits per heavy atom. The van der Waals surface area contributed by atoms with Crippen LogP contribution in [0.5, 0.6) is 0 Å². The summed E-state index contributed by atoms with van der Waals surface area (Å²) in [6.07, 6.45) is 17.7. The van der Waals surface area contributed by atoms with Gasteiger partial charge in [-0.2, -0.15) is 0 Å². The maximum absolute atomic E-state index is 13.5. The highest BCUT2D eigenvalue weighted by molar-refractivity contribution is 5.78. The third-order valence-corrected chi connectivity index (χ3v) is 7.72. The molecule has 2 unspecified atom stereocenters. The van der Waals surface area contributed by atoms with Gasteiger partial charge >= 0.3 is 6.03 Å². The molecule has 3 aliphatic rings. The second kappa shape index (κ2) is 11.9. The second-order valence-corrected chi connectivity index (χ2v) is 10.3. The van der Waals surface area contributed by atoms with E-state index in [1.807, 2.05) is 25.3 Å². The van der Waals surface area contributed by atoms with E-state index in [4.69, 9.17) is 4.74 Å². The fourth-order valence-corrected chi connectivity index (χ4v) is 6.09. The molecule has 2 atom stereocenters. The van der Waals surface area contributed by atoms with Gasteiger partial charge in [-0.25, -0.2) is 4.79 Å². The number of rotatable bonds is 11. The molecule has 1 aliphatic carbocycles. The van der Waals surface area contributed by atoms with Crippen LogP contribution in [0.2, 0.25) is 0 Å². The predicted octanol–water partition coefficient (Wildman–Crippen LogP) is 5.76. The van der Waals surface area contributed by atoms with E-state index in [-0.39, 0.29) is 17.6 Å². The Bertz CT molecular complexity index is 737. The molecule has 1 spiro atoms. The van der Waals surface area contributed by atoms with Crippen LogP contribution in [0.15, 0.2) is 49.2 Å². The number of ether oxygens (including phenoxy) is 1. The van der Waals surface area contributed by atoms with Gasteiger partial charge in [0.05, 0.1) is 5.54 Å². The molecule has 3 rings (SSSR count). The smallest absolute Gasteiger partial charge is 0.320 e. The van der Waals surface area contributed by atoms with Gasteiger partial charge in [0.1, 0.15) is 0 Å². The molecular formula is C28H45N3O2. The lowest BCUT2D eigenvalue weighted by atomic mass is 9.94. The summed E-state index contributed by atoms with van der Waals surface area (Å²) in [5.41, 5.74) is 1.23. The molecule has 0 aromatic heterocycles. The fraction of sp³-hybridized carbons (Fsp3) is 0.679. The van der Waals surface area contributed by atoms with Crippen LogP contribution in [-0.2, 0) is 4.74 Å². The quantitative estimate of drug-likeness (QED) is 0.371. The lowest BCUT2D eigenvalue weighted by molar-refractivity contribution is 0.0575. The van der Waals surface area contributed by atoms with Gasteiger partial charge in [-0.15, -0.1) is 0 Å². The van der Waals surface area contributed by atoms with Gasteiger partial charge < -0.3 is 19.4 Å². The minimum atomic E-state index is -0.0412. The first-order valence-electron chi connectivity index (χ1n) is 12.9. The number of allylic oxidation sites excluding steroid dienone is 5. The van der Waals surface area contributed by atoms with Crippen molar-refractivity contribution in [3.63, 3.8) is 0 Å². The summed E-state index contributed by atoms with van der Waals surface area (Å²) in [5.74, 6) is 0.573. The molecule has 2 saturated heterocycles. The molecule has 184 valence electrons. The molecule has 0 radical (unpaired) electrons. The van der Waals surface area contributed by atoms with Crippen molar-refractivity contribution in [2.24, 2.45) is 5.92 Å². The summed E-state index contributed by atoms with van der Waals surface area (Å²) in [7, 11) is 0. The number of hydrogen-bond donors (Lipinski definition) is 0. The minimum Gasteiger partial charge on any atom is -0.381 e. The van der Waals surface area contributed by atoms with Crippen molar-refractivity contribution in [1.29, 1.82) is 0 Å². The first-order chi connectivity index (χ1) is 15.9. The molecule has 33 heavy (non-hydrogen) atoms. The molecule has 2 amide bonds. The van der Waals surface area contributed by atoms with E-state index < -0.39 is 0 Å². The van der Waals surface area contributed by atoms with Crippen molar-refractivity contribution in [2.75, 3.05) is 32.8 Å². The molecule has 0 N–H and O–H groups in total. The van der Waals surface area contributed by atoms with Crippen LogP contribution < -0.4 is 0 Å². The van der Waals surface area contributed by atoms with Crippen molar-refractivity contribution in [3.05, 3.63) is 49.2 Å². The first-order valence-corrected chi connectivity index (χ1v) is 12.9. The van der Waals surface area contributed by atoms with Crippen molar-refractivity contribution < 1.29 is 9.53 Å². The predicted molar refractivity (Wildman–Crippen MR) is 137 cm³/mol. The molecule has 0 bridgehead atoms. The van der Waals surface area contributed by atoms with Crippen molar-refractivity contribution >= 4 is 6.03 Å². The fourth-order valence-electron chi connectivity index (χ4n) is 6.09. The highest BCUT2D eigenvalue weighted by atomic mass is 16.5. The van der Waals surface area contributed by atoms with Crippen LogP contribution in [0.4, 0.5) is 4.79 Å².